The standard InChI is InChI=1S/C14H9BrN4O6/c15-12-3-8(1-2-13(12)20)7-16-17-14(21)9-4-10(18(22)23)6-11(5-9)19(24)25/h1-7,20H,(H,17,21)/b16-7-. The summed E-state index contributed by atoms with van der Waals surface area (Å²) >= 11 is 3.12. The zero-order valence-electron chi connectivity index (χ0n) is 12.2. The van der Waals surface area contributed by atoms with Gasteiger partial charge in [-0.05, 0) is 39.7 Å². The smallest absolute Gasteiger partial charge is 0.277 e. The Kier molecular flexibility index (Phi) is 5.39. The molecule has 0 unspecified atom stereocenters. The van der Waals surface area contributed by atoms with Crippen LogP contribution in [-0.2, 0) is 0 Å². The lowest BCUT2D eigenvalue weighted by atomic mass is 10.1. The quantitative estimate of drug-likeness (QED) is 0.441. The monoisotopic (exact) mass is 408 g/mol. The lowest BCUT2D eigenvalue weighted by Crippen LogP contribution is -2.18. The van der Waals surface area contributed by atoms with Gasteiger partial charge in [-0.15, -0.1) is 0 Å². The van der Waals surface area contributed by atoms with Crippen LogP contribution in [0.5, 0.6) is 5.75 Å². The summed E-state index contributed by atoms with van der Waals surface area (Å²) in [5, 5.41) is 34.7. The summed E-state index contributed by atoms with van der Waals surface area (Å²) in [7, 11) is 0. The highest BCUT2D eigenvalue weighted by Crippen LogP contribution is 2.24. The van der Waals surface area contributed by atoms with E-state index in [-0.39, 0.29) is 11.3 Å². The third-order valence-corrected chi connectivity index (χ3v) is 3.57. The number of hydrogen-bond donors (Lipinski definition) is 2. The van der Waals surface area contributed by atoms with Crippen molar-refractivity contribution in [3.05, 3.63) is 72.2 Å². The van der Waals surface area contributed by atoms with Crippen LogP contribution in [0.25, 0.3) is 0 Å². The number of benzene rings is 2. The van der Waals surface area contributed by atoms with E-state index in [9.17, 15) is 30.1 Å². The number of phenols is 1. The molecule has 0 atom stereocenters. The maximum absolute atomic E-state index is 12.0. The van der Waals surface area contributed by atoms with Gasteiger partial charge >= 0.3 is 0 Å². The number of amides is 1. The van der Waals surface area contributed by atoms with Crippen LogP contribution in [0.4, 0.5) is 11.4 Å². The molecule has 0 aliphatic carbocycles. The third kappa shape index (κ3) is 4.57. The van der Waals surface area contributed by atoms with Gasteiger partial charge in [-0.25, -0.2) is 5.43 Å². The average Bonchev–Trinajstić information content (AvgIpc) is 2.57. The molecule has 2 rings (SSSR count). The van der Waals surface area contributed by atoms with Gasteiger partial charge in [0.05, 0.1) is 32.2 Å². The Morgan fingerprint density at radius 2 is 1.72 bits per heavy atom. The molecule has 2 aromatic carbocycles. The third-order valence-electron chi connectivity index (χ3n) is 2.94. The van der Waals surface area contributed by atoms with E-state index in [4.69, 9.17) is 0 Å². The number of nitro benzene ring substituents is 2. The van der Waals surface area contributed by atoms with E-state index in [0.29, 0.717) is 10.0 Å². The summed E-state index contributed by atoms with van der Waals surface area (Å²) in [6.07, 6.45) is 1.27. The van der Waals surface area contributed by atoms with Crippen molar-refractivity contribution >= 4 is 39.4 Å². The van der Waals surface area contributed by atoms with Crippen molar-refractivity contribution in [2.24, 2.45) is 5.10 Å². The number of rotatable bonds is 5. The van der Waals surface area contributed by atoms with Crippen molar-refractivity contribution < 1.29 is 19.7 Å². The Hall–Kier alpha value is -3.34. The Morgan fingerprint density at radius 1 is 1.12 bits per heavy atom. The molecule has 0 saturated carbocycles. The highest BCUT2D eigenvalue weighted by Gasteiger charge is 2.19. The van der Waals surface area contributed by atoms with Gasteiger partial charge in [-0.3, -0.25) is 25.0 Å². The molecule has 0 aromatic heterocycles. The number of carbonyl (C=O) groups is 1. The van der Waals surface area contributed by atoms with Crippen molar-refractivity contribution in [3.63, 3.8) is 0 Å². The Morgan fingerprint density at radius 3 is 2.24 bits per heavy atom. The Balaban J connectivity index is 2.19. The Labute approximate surface area is 148 Å². The number of hydrazone groups is 1. The van der Waals surface area contributed by atoms with Gasteiger partial charge in [-0.1, -0.05) is 0 Å². The molecular formula is C14H9BrN4O6. The second-order valence-electron chi connectivity index (χ2n) is 4.66. The van der Waals surface area contributed by atoms with Gasteiger partial charge in [-0.2, -0.15) is 5.10 Å². The number of carbonyl (C=O) groups excluding carboxylic acids is 1. The molecule has 0 radical (unpaired) electrons. The second kappa shape index (κ2) is 7.49. The number of nitro groups is 2. The zero-order chi connectivity index (χ0) is 18.6. The van der Waals surface area contributed by atoms with Crippen molar-refractivity contribution in [3.8, 4) is 5.75 Å². The van der Waals surface area contributed by atoms with Crippen molar-refractivity contribution in [2.45, 2.75) is 0 Å². The largest absolute Gasteiger partial charge is 0.507 e. The first-order chi connectivity index (χ1) is 11.8. The summed E-state index contributed by atoms with van der Waals surface area (Å²) < 4.78 is 0.428. The summed E-state index contributed by atoms with van der Waals surface area (Å²) in [4.78, 5) is 31.9. The highest BCUT2D eigenvalue weighted by molar-refractivity contribution is 9.10. The van der Waals surface area contributed by atoms with Gasteiger partial charge in [0.25, 0.3) is 17.3 Å². The van der Waals surface area contributed by atoms with Gasteiger partial charge in [0, 0.05) is 12.1 Å². The summed E-state index contributed by atoms with van der Waals surface area (Å²) in [6.45, 7) is 0. The van der Waals surface area contributed by atoms with E-state index in [2.05, 4.69) is 26.5 Å². The minimum Gasteiger partial charge on any atom is -0.507 e. The molecule has 10 nitrogen and oxygen atoms in total. The predicted molar refractivity (Wildman–Crippen MR) is 90.6 cm³/mol. The molecule has 2 N–H and O–H groups in total. The number of nitrogens with one attached hydrogen (secondary N) is 1. The molecule has 2 aromatic rings. The number of halogens is 1. The fraction of sp³-hybridized carbons (Fsp3) is 0. The first kappa shape index (κ1) is 18.0. The molecule has 0 fully saturated rings. The number of non-ortho nitro benzene ring substituents is 2. The van der Waals surface area contributed by atoms with Crippen molar-refractivity contribution in [2.75, 3.05) is 0 Å². The van der Waals surface area contributed by atoms with Gasteiger partial charge in [0.15, 0.2) is 0 Å². The van der Waals surface area contributed by atoms with E-state index in [1.165, 1.54) is 18.3 Å². The van der Waals surface area contributed by atoms with Crippen LogP contribution in [0.3, 0.4) is 0 Å². The minimum absolute atomic E-state index is 0.0325. The van der Waals surface area contributed by atoms with Crippen LogP contribution < -0.4 is 5.43 Å². The second-order valence-corrected chi connectivity index (χ2v) is 5.52. The summed E-state index contributed by atoms with van der Waals surface area (Å²) in [5.41, 5.74) is 1.24. The normalized spacial score (nSPS) is 10.6. The molecular weight excluding hydrogens is 400 g/mol. The lowest BCUT2D eigenvalue weighted by Gasteiger charge is -2.01. The van der Waals surface area contributed by atoms with Gasteiger partial charge in [0.2, 0.25) is 0 Å². The van der Waals surface area contributed by atoms with Crippen LogP contribution >= 0.6 is 15.9 Å². The SMILES string of the molecule is O=C(N/N=C\c1ccc(O)c(Br)c1)c1cc([N+](=O)[O-])cc([N+](=O)[O-])c1. The number of hydrogen-bond acceptors (Lipinski definition) is 7. The van der Waals surface area contributed by atoms with E-state index >= 15 is 0 Å². The highest BCUT2D eigenvalue weighted by atomic mass is 79.9. The maximum Gasteiger partial charge on any atom is 0.277 e. The molecule has 0 bridgehead atoms. The minimum atomic E-state index is -0.846. The Bertz CT molecular complexity index is 867. The lowest BCUT2D eigenvalue weighted by molar-refractivity contribution is -0.394. The summed E-state index contributed by atoms with van der Waals surface area (Å²) in [6, 6.07) is 7.08. The first-order valence-electron chi connectivity index (χ1n) is 6.53. The van der Waals surface area contributed by atoms with Crippen LogP contribution in [-0.4, -0.2) is 27.1 Å². The average molecular weight is 409 g/mol. The fourth-order valence-electron chi connectivity index (χ4n) is 1.77. The molecule has 11 heteroatoms. The van der Waals surface area contributed by atoms with E-state index < -0.39 is 27.1 Å². The van der Waals surface area contributed by atoms with Gasteiger partial charge < -0.3 is 5.11 Å². The van der Waals surface area contributed by atoms with E-state index in [1.807, 2.05) is 0 Å². The van der Waals surface area contributed by atoms with E-state index in [1.54, 1.807) is 6.07 Å². The topological polar surface area (TPSA) is 148 Å². The van der Waals surface area contributed by atoms with Gasteiger partial charge in [0.1, 0.15) is 5.75 Å². The zero-order valence-corrected chi connectivity index (χ0v) is 13.8. The van der Waals surface area contributed by atoms with Crippen LogP contribution in [0.2, 0.25) is 0 Å². The van der Waals surface area contributed by atoms with Crippen molar-refractivity contribution in [1.82, 2.24) is 5.43 Å². The van der Waals surface area contributed by atoms with Crippen LogP contribution in [0.15, 0.2) is 46.0 Å². The molecule has 0 aliphatic heterocycles. The first-order valence-corrected chi connectivity index (χ1v) is 7.33. The number of aromatic hydroxyl groups is 1. The molecule has 1 amide bonds. The molecule has 128 valence electrons. The number of phenolic OH excluding ortho intramolecular Hbond substituents is 1. The van der Waals surface area contributed by atoms with Crippen molar-refractivity contribution in [1.29, 1.82) is 0 Å². The molecule has 25 heavy (non-hydrogen) atoms. The molecule has 0 saturated heterocycles. The number of nitrogens with zero attached hydrogens (tertiary/aromatic N) is 3. The van der Waals surface area contributed by atoms with Crippen LogP contribution in [0.1, 0.15) is 15.9 Å². The fourth-order valence-corrected chi connectivity index (χ4v) is 2.17. The van der Waals surface area contributed by atoms with Crippen LogP contribution in [0, 0.1) is 20.2 Å². The molecule has 0 spiro atoms. The maximum atomic E-state index is 12.0. The molecule has 0 aliphatic rings. The van der Waals surface area contributed by atoms with E-state index in [0.717, 1.165) is 18.2 Å². The predicted octanol–water partition coefficient (Wildman–Crippen LogP) is 2.74. The molecule has 0 heterocycles. The summed E-state index contributed by atoms with van der Waals surface area (Å²) in [5.74, 6) is -0.814.